The maximum Gasteiger partial charge on any atom is 0.181 e. The first-order valence-electron chi connectivity index (χ1n) is 4.48. The van der Waals surface area contributed by atoms with Crippen molar-refractivity contribution in [2.75, 3.05) is 0 Å². The Morgan fingerprint density at radius 2 is 2.00 bits per heavy atom. The molecular formula is C11H13NO2. The smallest absolute Gasteiger partial charge is 0.181 e. The van der Waals surface area contributed by atoms with Gasteiger partial charge in [-0.3, -0.25) is 0 Å². The van der Waals surface area contributed by atoms with Gasteiger partial charge in [-0.15, -0.1) is 0 Å². The summed E-state index contributed by atoms with van der Waals surface area (Å²) in [7, 11) is 0. The van der Waals surface area contributed by atoms with Crippen LogP contribution in [0.1, 0.15) is 25.5 Å². The lowest BCUT2D eigenvalue weighted by Crippen LogP contribution is -2.10. The summed E-state index contributed by atoms with van der Waals surface area (Å²) in [5, 5.41) is 18.0. The van der Waals surface area contributed by atoms with E-state index in [1.807, 2.05) is 18.2 Å². The van der Waals surface area contributed by atoms with E-state index in [4.69, 9.17) is 10.00 Å². The molecule has 0 aliphatic heterocycles. The number of aliphatic hydroxyl groups excluding tert-OH is 1. The van der Waals surface area contributed by atoms with Gasteiger partial charge in [0.15, 0.2) is 6.10 Å². The van der Waals surface area contributed by atoms with E-state index in [0.717, 1.165) is 0 Å². The molecule has 1 aromatic rings. The van der Waals surface area contributed by atoms with Gasteiger partial charge in [0.1, 0.15) is 11.8 Å². The van der Waals surface area contributed by atoms with Crippen molar-refractivity contribution in [1.29, 1.82) is 5.26 Å². The summed E-state index contributed by atoms with van der Waals surface area (Å²) in [6.07, 6.45) is -1.09. The van der Waals surface area contributed by atoms with Crippen molar-refractivity contribution >= 4 is 0 Å². The van der Waals surface area contributed by atoms with Crippen molar-refractivity contribution in [2.24, 2.45) is 0 Å². The highest BCUT2D eigenvalue weighted by Crippen LogP contribution is 2.25. The molecule has 0 amide bonds. The number of hydrogen-bond donors (Lipinski definition) is 1. The number of hydrogen-bond acceptors (Lipinski definition) is 3. The molecule has 14 heavy (non-hydrogen) atoms. The number of ether oxygens (including phenoxy) is 1. The van der Waals surface area contributed by atoms with E-state index in [9.17, 15) is 5.11 Å². The molecule has 1 unspecified atom stereocenters. The number of nitriles is 1. The summed E-state index contributed by atoms with van der Waals surface area (Å²) in [6.45, 7) is 3.33. The summed E-state index contributed by atoms with van der Waals surface area (Å²) in [5.41, 5.74) is 0.703. The molecule has 0 bridgehead atoms. The Balaban J connectivity index is 2.91. The highest BCUT2D eigenvalue weighted by Gasteiger charge is 2.10. The van der Waals surface area contributed by atoms with Gasteiger partial charge < -0.3 is 9.84 Å². The Morgan fingerprint density at radius 1 is 1.36 bits per heavy atom. The van der Waals surface area contributed by atoms with E-state index < -0.39 is 12.2 Å². The SMILES string of the molecule is CC(C#N)Oc1ccccc1[C@@H](C)O. The third-order valence-electron chi connectivity index (χ3n) is 1.85. The molecule has 0 radical (unpaired) electrons. The van der Waals surface area contributed by atoms with Crippen LogP contribution in [0.3, 0.4) is 0 Å². The molecule has 0 saturated heterocycles. The van der Waals surface area contributed by atoms with E-state index in [1.54, 1.807) is 26.0 Å². The molecule has 1 rings (SSSR count). The van der Waals surface area contributed by atoms with Crippen LogP contribution in [0.4, 0.5) is 0 Å². The molecule has 3 nitrogen and oxygen atoms in total. The average Bonchev–Trinajstić information content (AvgIpc) is 2.18. The Hall–Kier alpha value is -1.53. The highest BCUT2D eigenvalue weighted by molar-refractivity contribution is 5.35. The molecular weight excluding hydrogens is 178 g/mol. The number of rotatable bonds is 3. The Morgan fingerprint density at radius 3 is 2.57 bits per heavy atom. The van der Waals surface area contributed by atoms with Gasteiger partial charge in [-0.1, -0.05) is 18.2 Å². The second-order valence-electron chi connectivity index (χ2n) is 3.10. The minimum atomic E-state index is -0.586. The minimum Gasteiger partial charge on any atom is -0.475 e. The number of aliphatic hydroxyl groups is 1. The van der Waals surface area contributed by atoms with E-state index in [-0.39, 0.29) is 0 Å². The molecule has 0 aromatic heterocycles. The normalized spacial score (nSPS) is 14.1. The van der Waals surface area contributed by atoms with Crippen LogP contribution in [-0.4, -0.2) is 11.2 Å². The summed E-state index contributed by atoms with van der Waals surface area (Å²) in [6, 6.07) is 9.14. The number of benzene rings is 1. The van der Waals surface area contributed by atoms with Crippen LogP contribution < -0.4 is 4.74 Å². The molecule has 0 fully saturated rings. The quantitative estimate of drug-likeness (QED) is 0.795. The Kier molecular flexibility index (Phi) is 3.49. The lowest BCUT2D eigenvalue weighted by Gasteiger charge is -2.13. The highest BCUT2D eigenvalue weighted by atomic mass is 16.5. The van der Waals surface area contributed by atoms with E-state index in [0.29, 0.717) is 11.3 Å². The molecule has 0 heterocycles. The maximum atomic E-state index is 9.43. The third-order valence-corrected chi connectivity index (χ3v) is 1.85. The predicted molar refractivity (Wildman–Crippen MR) is 52.8 cm³/mol. The zero-order valence-electron chi connectivity index (χ0n) is 8.27. The lowest BCUT2D eigenvalue weighted by atomic mass is 10.1. The second-order valence-corrected chi connectivity index (χ2v) is 3.10. The summed E-state index contributed by atoms with van der Waals surface area (Å²) >= 11 is 0. The fraction of sp³-hybridized carbons (Fsp3) is 0.364. The first-order chi connectivity index (χ1) is 6.65. The van der Waals surface area contributed by atoms with Crippen molar-refractivity contribution in [3.05, 3.63) is 29.8 Å². The van der Waals surface area contributed by atoms with Gasteiger partial charge in [-0.25, -0.2) is 0 Å². The summed E-state index contributed by atoms with van der Waals surface area (Å²) in [5.74, 6) is 0.566. The van der Waals surface area contributed by atoms with Gasteiger partial charge in [0.25, 0.3) is 0 Å². The lowest BCUT2D eigenvalue weighted by molar-refractivity contribution is 0.188. The molecule has 3 heteroatoms. The average molecular weight is 191 g/mol. The standard InChI is InChI=1S/C11H13NO2/c1-8(7-12)14-11-6-4-3-5-10(11)9(2)13/h3-6,8-9,13H,1-2H3/t8?,9-/m1/s1. The molecule has 74 valence electrons. The fourth-order valence-electron chi connectivity index (χ4n) is 1.15. The van der Waals surface area contributed by atoms with Crippen molar-refractivity contribution < 1.29 is 9.84 Å². The fourth-order valence-corrected chi connectivity index (χ4v) is 1.15. The van der Waals surface area contributed by atoms with E-state index in [1.165, 1.54) is 0 Å². The Bertz CT molecular complexity index is 341. The second kappa shape index (κ2) is 4.64. The van der Waals surface area contributed by atoms with Crippen molar-refractivity contribution in [1.82, 2.24) is 0 Å². The van der Waals surface area contributed by atoms with Crippen molar-refractivity contribution in [3.63, 3.8) is 0 Å². The van der Waals surface area contributed by atoms with Crippen LogP contribution >= 0.6 is 0 Å². The number of nitrogens with zero attached hydrogens (tertiary/aromatic N) is 1. The van der Waals surface area contributed by atoms with Crippen LogP contribution in [0.5, 0.6) is 5.75 Å². The van der Waals surface area contributed by atoms with Crippen molar-refractivity contribution in [2.45, 2.75) is 26.1 Å². The van der Waals surface area contributed by atoms with E-state index >= 15 is 0 Å². The van der Waals surface area contributed by atoms with Gasteiger partial charge in [0.2, 0.25) is 0 Å². The minimum absolute atomic E-state index is 0.505. The first-order valence-corrected chi connectivity index (χ1v) is 4.48. The largest absolute Gasteiger partial charge is 0.475 e. The monoisotopic (exact) mass is 191 g/mol. The maximum absolute atomic E-state index is 9.43. The van der Waals surface area contributed by atoms with Crippen LogP contribution in [0, 0.1) is 11.3 Å². The molecule has 1 aromatic carbocycles. The summed E-state index contributed by atoms with van der Waals surface area (Å²) < 4.78 is 5.33. The third kappa shape index (κ3) is 2.48. The van der Waals surface area contributed by atoms with Gasteiger partial charge in [-0.2, -0.15) is 5.26 Å². The topological polar surface area (TPSA) is 53.2 Å². The molecule has 0 aliphatic carbocycles. The Labute approximate surface area is 83.6 Å². The molecule has 0 saturated carbocycles. The van der Waals surface area contributed by atoms with Gasteiger partial charge in [-0.05, 0) is 19.9 Å². The molecule has 2 atom stereocenters. The van der Waals surface area contributed by atoms with Gasteiger partial charge >= 0.3 is 0 Å². The molecule has 1 N–H and O–H groups in total. The van der Waals surface area contributed by atoms with Gasteiger partial charge in [0, 0.05) is 5.56 Å². The zero-order valence-corrected chi connectivity index (χ0v) is 8.27. The van der Waals surface area contributed by atoms with Crippen LogP contribution in [0.15, 0.2) is 24.3 Å². The van der Waals surface area contributed by atoms with Crippen LogP contribution in [-0.2, 0) is 0 Å². The van der Waals surface area contributed by atoms with Crippen molar-refractivity contribution in [3.8, 4) is 11.8 Å². The van der Waals surface area contributed by atoms with Crippen LogP contribution in [0.2, 0.25) is 0 Å². The number of para-hydroxylation sites is 1. The zero-order chi connectivity index (χ0) is 10.6. The summed E-state index contributed by atoms with van der Waals surface area (Å²) in [4.78, 5) is 0. The molecule has 0 spiro atoms. The predicted octanol–water partition coefficient (Wildman–Crippen LogP) is 2.03. The van der Waals surface area contributed by atoms with E-state index in [2.05, 4.69) is 0 Å². The molecule has 0 aliphatic rings. The van der Waals surface area contributed by atoms with Gasteiger partial charge in [0.05, 0.1) is 6.10 Å². The first kappa shape index (κ1) is 10.6. The van der Waals surface area contributed by atoms with Crippen LogP contribution in [0.25, 0.3) is 0 Å².